The topological polar surface area (TPSA) is 397 Å². The predicted molar refractivity (Wildman–Crippen MR) is 451 cm³/mol. The predicted octanol–water partition coefficient (Wildman–Crippen LogP) is 5.54. The molecule has 9 amide bonds. The first-order valence-corrected chi connectivity index (χ1v) is 42.4. The van der Waals surface area contributed by atoms with Crippen LogP contribution in [0.4, 0.5) is 27.2 Å². The molecule has 0 aliphatic carbocycles. The van der Waals surface area contributed by atoms with Crippen molar-refractivity contribution in [2.24, 2.45) is 0 Å². The van der Waals surface area contributed by atoms with Crippen LogP contribution in [-0.2, 0) is 52.5 Å². The van der Waals surface area contributed by atoms with Crippen molar-refractivity contribution in [3.8, 4) is 23.6 Å². The highest BCUT2D eigenvalue weighted by atomic mass is 19.3. The lowest BCUT2D eigenvalue weighted by Gasteiger charge is -2.36. The monoisotopic (exact) mass is 1750 g/mol. The van der Waals surface area contributed by atoms with Crippen LogP contribution in [-0.4, -0.2) is 361 Å². The maximum absolute atomic E-state index is 15.5. The minimum Gasteiger partial charge on any atom is -0.494 e. The molecule has 2 atom stereocenters. The summed E-state index contributed by atoms with van der Waals surface area (Å²) in [7, 11) is 0. The normalized spacial score (nSPS) is 18.5. The Morgan fingerprint density at radius 2 is 0.712 bits per heavy atom. The molecule has 0 saturated carbocycles. The van der Waals surface area contributed by atoms with Gasteiger partial charge in [-0.15, -0.1) is 0 Å². The van der Waals surface area contributed by atoms with E-state index in [1.54, 1.807) is 151 Å². The number of hydrogen-bond acceptors (Lipinski definition) is 26. The highest BCUT2D eigenvalue weighted by Crippen LogP contribution is 2.34. The zero-order valence-electron chi connectivity index (χ0n) is 73.9. The molecule has 2 aromatic heterocycles. The highest BCUT2D eigenvalue weighted by molar-refractivity contribution is 6.08. The number of carbonyl (C=O) groups is 11. The zero-order valence-corrected chi connectivity index (χ0v) is 73.9. The summed E-state index contributed by atoms with van der Waals surface area (Å²) in [5.41, 5.74) is -2.15. The summed E-state index contributed by atoms with van der Waals surface area (Å²) < 4.78 is 91.9. The minimum absolute atomic E-state index is 0.0268. The number of benzene rings is 2. The number of carbonyl (C=O) groups excluding carboxylic acids is 11. The van der Waals surface area contributed by atoms with E-state index in [1.807, 2.05) is 19.6 Å². The number of unbranched alkanes of at least 4 members (excludes halogenated alkanes) is 2. The van der Waals surface area contributed by atoms with Crippen molar-refractivity contribution in [3.63, 3.8) is 0 Å². The van der Waals surface area contributed by atoms with Gasteiger partial charge in [0, 0.05) is 154 Å². The average Bonchev–Trinajstić information content (AvgIpc) is 1.71. The number of nitrogens with one attached hydrogen (secondary N) is 4. The number of aromatic nitrogens is 2. The van der Waals surface area contributed by atoms with Crippen LogP contribution in [0, 0.1) is 22.7 Å². The van der Waals surface area contributed by atoms with Crippen molar-refractivity contribution in [2.75, 3.05) is 190 Å². The summed E-state index contributed by atoms with van der Waals surface area (Å²) in [6.07, 6.45) is 2.91. The summed E-state index contributed by atoms with van der Waals surface area (Å²) in [6.45, 7) is 20.2. The summed E-state index contributed by atoms with van der Waals surface area (Å²) in [6, 6.07) is 12.5. The molecule has 4 saturated heterocycles. The maximum atomic E-state index is 15.5. The van der Waals surface area contributed by atoms with Gasteiger partial charge in [0.15, 0.2) is 0 Å². The molecule has 6 heterocycles. The number of nitrogens with zero attached hydrogens (tertiary/aromatic N) is 14. The third kappa shape index (κ3) is 33.9. The van der Waals surface area contributed by atoms with E-state index in [0.717, 1.165) is 9.80 Å². The molecule has 0 bridgehead atoms. The Morgan fingerprint density at radius 3 is 1.03 bits per heavy atom. The molecule has 4 N–H and O–H groups in total. The van der Waals surface area contributed by atoms with Crippen molar-refractivity contribution in [2.45, 2.75) is 168 Å². The van der Waals surface area contributed by atoms with E-state index < -0.39 is 145 Å². The number of rotatable bonds is 28. The molecule has 4 aliphatic rings. The molecule has 0 unspecified atom stereocenters. The molecule has 2 aromatic carbocycles. The molecule has 0 radical (unpaired) electrons. The van der Waals surface area contributed by atoms with Crippen molar-refractivity contribution >= 4 is 87.3 Å². The Bertz CT molecular complexity index is 4270. The molecule has 8 rings (SSSR count). The average molecular weight is 1760 g/mol. The van der Waals surface area contributed by atoms with Gasteiger partial charge < -0.3 is 74.2 Å². The Balaban J connectivity index is 0.984. The molecule has 39 heteroatoms. The van der Waals surface area contributed by atoms with Crippen LogP contribution < -0.4 is 30.7 Å². The first-order chi connectivity index (χ1) is 58.8. The number of halogens is 4. The minimum atomic E-state index is -3.24. The van der Waals surface area contributed by atoms with Crippen LogP contribution in [0.3, 0.4) is 0 Å². The summed E-state index contributed by atoms with van der Waals surface area (Å²) >= 11 is 0. The summed E-state index contributed by atoms with van der Waals surface area (Å²) in [4.78, 5) is 177. The first-order valence-electron chi connectivity index (χ1n) is 42.4. The zero-order chi connectivity index (χ0) is 91.6. The molecule has 0 spiro atoms. The van der Waals surface area contributed by atoms with Gasteiger partial charge in [0.1, 0.15) is 46.0 Å². The smallest absolute Gasteiger partial charge is 0.320 e. The number of amides is 9. The fourth-order valence-electron chi connectivity index (χ4n) is 14.4. The standard InChI is InChI=1S/C86H122F4N18O17/c1-81(2,3)122-73(112)54-100-29-27-99(28-30-101(55-74(113)123-82(4,5)6)32-34-102(33-31-100)56-75(114)124-83(7,8)9)53-72(111)104-39-41-105(79(118)95-23-13-15-43-120-62-17-19-68-66(45-62)64(21-25-93-68)77(116)97-51-70(109)107-58-85(87,88)47-60(107)49-91)37-35-103(57-76(115)125-84(10,11)12)36-38-106(42-40-104)80(119)96-24-14-16-44-121-63-18-20-69-67(46-63)65(22-26-94-69)78(117)98-52-71(110)108-59-86(89,90)48-61(108)50-92/h17-22,25-26,45-46,60-61H,13-16,23-24,27-44,47-48,51-59H2,1-12H3,(H,95,118)(H,96,119)(H,97,116)(H,98,117)/t60-,61-/m0/s1. The van der Waals surface area contributed by atoms with E-state index >= 15 is 4.79 Å². The van der Waals surface area contributed by atoms with E-state index in [-0.39, 0.29) is 168 Å². The highest BCUT2D eigenvalue weighted by Gasteiger charge is 2.49. The first kappa shape index (κ1) is 99.6. The van der Waals surface area contributed by atoms with Crippen LogP contribution in [0.5, 0.6) is 11.5 Å². The number of pyridine rings is 2. The van der Waals surface area contributed by atoms with Gasteiger partial charge >= 0.3 is 35.9 Å². The lowest BCUT2D eigenvalue weighted by Crippen LogP contribution is -2.54. The van der Waals surface area contributed by atoms with Gasteiger partial charge in [0.25, 0.3) is 23.7 Å². The van der Waals surface area contributed by atoms with Crippen molar-refractivity contribution in [3.05, 3.63) is 72.1 Å². The SMILES string of the molecule is CC(C)(C)OC(=O)CN1CCN(CC(=O)OC(C)(C)C)CCN(CC(=O)N2CCN(C(=O)NCCCCOc3ccc4nccc(C(=O)NCC(=O)N5CC(F)(F)C[C@H]5C#N)c4c3)CCN(CC(=O)OC(C)(C)C)CCN(C(=O)NCCCCOc3ccc4nccc(C(=O)NCC(=O)N5CC(F)(F)C[C@H]5C#N)c4c3)CC2)CCN(CC(=O)OC(C)(C)C)CC1. The lowest BCUT2D eigenvalue weighted by molar-refractivity contribution is -0.158. The third-order valence-electron chi connectivity index (χ3n) is 20.4. The molecule has 686 valence electrons. The summed E-state index contributed by atoms with van der Waals surface area (Å²) in [5, 5.41) is 30.5. The Morgan fingerprint density at radius 1 is 0.408 bits per heavy atom. The van der Waals surface area contributed by atoms with Crippen LogP contribution in [0.25, 0.3) is 21.8 Å². The Labute approximate surface area is 727 Å². The third-order valence-corrected chi connectivity index (χ3v) is 20.4. The number of likely N-dealkylation sites (tertiary alicyclic amines) is 2. The molecule has 4 fully saturated rings. The number of fused-ring (bicyclic) bond motifs is 2. The van der Waals surface area contributed by atoms with Gasteiger partial charge in [-0.05, 0) is 157 Å². The van der Waals surface area contributed by atoms with Crippen molar-refractivity contribution in [1.82, 2.24) is 80.2 Å². The molecule has 125 heavy (non-hydrogen) atoms. The second-order valence-corrected chi connectivity index (χ2v) is 35.5. The van der Waals surface area contributed by atoms with Crippen molar-refractivity contribution in [1.29, 1.82) is 10.5 Å². The number of nitriles is 2. The molecule has 35 nitrogen and oxygen atoms in total. The van der Waals surface area contributed by atoms with E-state index in [0.29, 0.717) is 72.1 Å². The summed E-state index contributed by atoms with van der Waals surface area (Å²) in [5.74, 6) is -11.1. The molecule has 4 aliphatic heterocycles. The number of alkyl halides is 4. The van der Waals surface area contributed by atoms with Crippen LogP contribution >= 0.6 is 0 Å². The van der Waals surface area contributed by atoms with Gasteiger partial charge in [0.05, 0.1) is 106 Å². The number of hydrogen-bond donors (Lipinski definition) is 4. The number of ether oxygens (including phenoxy) is 6. The largest absolute Gasteiger partial charge is 0.494 e. The fourth-order valence-corrected chi connectivity index (χ4v) is 14.4. The molecular formula is C86H122F4N18O17. The van der Waals surface area contributed by atoms with E-state index in [9.17, 15) is 76.0 Å². The van der Waals surface area contributed by atoms with Gasteiger partial charge in [-0.1, -0.05) is 0 Å². The maximum Gasteiger partial charge on any atom is 0.320 e. The fraction of sp³-hybridized carbons (Fsp3) is 0.640. The number of esters is 4. The Kier molecular flexibility index (Phi) is 36.1. The quantitative estimate of drug-likeness (QED) is 0.0235. The Hall–Kier alpha value is -10.9. The lowest BCUT2D eigenvalue weighted by atomic mass is 10.1. The van der Waals surface area contributed by atoms with E-state index in [2.05, 4.69) is 31.2 Å². The van der Waals surface area contributed by atoms with Gasteiger partial charge in [-0.3, -0.25) is 77.6 Å². The van der Waals surface area contributed by atoms with Crippen LogP contribution in [0.1, 0.15) is 142 Å². The second-order valence-electron chi connectivity index (χ2n) is 35.5. The van der Waals surface area contributed by atoms with Gasteiger partial charge in [0.2, 0.25) is 17.7 Å². The van der Waals surface area contributed by atoms with Crippen LogP contribution in [0.2, 0.25) is 0 Å². The van der Waals surface area contributed by atoms with E-state index in [1.165, 1.54) is 24.5 Å². The van der Waals surface area contributed by atoms with Gasteiger partial charge in [-0.2, -0.15) is 10.5 Å². The molecule has 4 aromatic rings. The van der Waals surface area contributed by atoms with Gasteiger partial charge in [-0.25, -0.2) is 27.2 Å². The van der Waals surface area contributed by atoms with Crippen molar-refractivity contribution < 1.29 is 98.7 Å². The number of urea groups is 2. The molecular weight excluding hydrogens is 1630 g/mol. The second kappa shape index (κ2) is 45.3. The van der Waals surface area contributed by atoms with Crippen LogP contribution in [0.15, 0.2) is 60.9 Å². The van der Waals surface area contributed by atoms with E-state index in [4.69, 9.17) is 28.4 Å².